The molecule has 2 aliphatic heterocycles. The third-order valence-corrected chi connectivity index (χ3v) is 6.53. The van der Waals surface area contributed by atoms with Crippen molar-refractivity contribution in [3.8, 4) is 0 Å². The van der Waals surface area contributed by atoms with Gasteiger partial charge in [-0.25, -0.2) is 0 Å². The molecule has 3 heterocycles. The maximum Gasteiger partial charge on any atom is 0.228 e. The summed E-state index contributed by atoms with van der Waals surface area (Å²) in [5.74, 6) is -0.0733. The molecule has 2 saturated heterocycles. The van der Waals surface area contributed by atoms with Crippen LogP contribution in [0.2, 0.25) is 0 Å². The van der Waals surface area contributed by atoms with Crippen LogP contribution >= 0.6 is 11.3 Å². The molecule has 2 atom stereocenters. The number of carbonyl (C=O) groups excluding carboxylic acids is 2. The minimum absolute atomic E-state index is 0.0102. The molecule has 1 aromatic carbocycles. The van der Waals surface area contributed by atoms with E-state index in [2.05, 4.69) is 15.1 Å². The molecule has 2 aromatic rings. The molecule has 4 rings (SSSR count). The molecule has 8 heteroatoms. The summed E-state index contributed by atoms with van der Waals surface area (Å²) in [6.45, 7) is 7.32. The SMILES string of the molecule is Cc1nnc(N2CCN(C(=O)C3CC(=O)N(C(C)c4ccccc4)C3)CC2)s1. The summed E-state index contributed by atoms with van der Waals surface area (Å²) in [6, 6.07) is 9.98. The Balaban J connectivity index is 1.35. The number of carbonyl (C=O) groups is 2. The van der Waals surface area contributed by atoms with Crippen molar-refractivity contribution in [2.24, 2.45) is 5.92 Å². The molecule has 28 heavy (non-hydrogen) atoms. The zero-order chi connectivity index (χ0) is 19.7. The van der Waals surface area contributed by atoms with Crippen molar-refractivity contribution in [1.82, 2.24) is 20.0 Å². The zero-order valence-corrected chi connectivity index (χ0v) is 17.1. The van der Waals surface area contributed by atoms with Crippen molar-refractivity contribution in [1.29, 1.82) is 0 Å². The molecule has 2 amide bonds. The number of rotatable bonds is 4. The Labute approximate surface area is 169 Å². The minimum Gasteiger partial charge on any atom is -0.343 e. The van der Waals surface area contributed by atoms with E-state index in [1.807, 2.05) is 54.0 Å². The van der Waals surface area contributed by atoms with Crippen LogP contribution in [0.5, 0.6) is 0 Å². The van der Waals surface area contributed by atoms with Gasteiger partial charge in [-0.2, -0.15) is 0 Å². The monoisotopic (exact) mass is 399 g/mol. The van der Waals surface area contributed by atoms with Gasteiger partial charge in [-0.3, -0.25) is 9.59 Å². The van der Waals surface area contributed by atoms with E-state index in [1.54, 1.807) is 11.3 Å². The summed E-state index contributed by atoms with van der Waals surface area (Å²) in [5.41, 5.74) is 1.10. The van der Waals surface area contributed by atoms with Gasteiger partial charge in [0.15, 0.2) is 0 Å². The third kappa shape index (κ3) is 3.73. The minimum atomic E-state index is -0.242. The Kier molecular flexibility index (Phi) is 5.30. The molecule has 0 saturated carbocycles. The van der Waals surface area contributed by atoms with E-state index in [0.717, 1.165) is 28.8 Å². The maximum atomic E-state index is 13.0. The number of anilines is 1. The van der Waals surface area contributed by atoms with Crippen molar-refractivity contribution >= 4 is 28.3 Å². The molecule has 7 nitrogen and oxygen atoms in total. The number of amides is 2. The van der Waals surface area contributed by atoms with Crippen LogP contribution < -0.4 is 4.90 Å². The maximum absolute atomic E-state index is 13.0. The lowest BCUT2D eigenvalue weighted by atomic mass is 10.1. The predicted molar refractivity (Wildman–Crippen MR) is 108 cm³/mol. The molecule has 148 valence electrons. The smallest absolute Gasteiger partial charge is 0.228 e. The van der Waals surface area contributed by atoms with Gasteiger partial charge in [0.05, 0.1) is 12.0 Å². The number of hydrogen-bond donors (Lipinski definition) is 0. The number of aromatic nitrogens is 2. The first-order valence-electron chi connectivity index (χ1n) is 9.71. The molecule has 2 unspecified atom stereocenters. The first-order valence-corrected chi connectivity index (χ1v) is 10.5. The lowest BCUT2D eigenvalue weighted by Crippen LogP contribution is -2.50. The molecular weight excluding hydrogens is 374 g/mol. The fourth-order valence-corrected chi connectivity index (χ4v) is 4.71. The first-order chi connectivity index (χ1) is 13.5. The van der Waals surface area contributed by atoms with Gasteiger partial charge < -0.3 is 14.7 Å². The van der Waals surface area contributed by atoms with Crippen molar-refractivity contribution in [3.63, 3.8) is 0 Å². The molecule has 2 fully saturated rings. The number of aryl methyl sites for hydroxylation is 1. The van der Waals surface area contributed by atoms with E-state index in [0.29, 0.717) is 26.1 Å². The fourth-order valence-electron chi connectivity index (χ4n) is 3.97. The van der Waals surface area contributed by atoms with E-state index >= 15 is 0 Å². The Morgan fingerprint density at radius 1 is 1.14 bits per heavy atom. The van der Waals surface area contributed by atoms with Crippen LogP contribution in [0.1, 0.15) is 30.0 Å². The summed E-state index contributed by atoms with van der Waals surface area (Å²) in [6.07, 6.45) is 0.311. The van der Waals surface area contributed by atoms with E-state index < -0.39 is 0 Å². The molecule has 0 N–H and O–H groups in total. The van der Waals surface area contributed by atoms with Crippen molar-refractivity contribution in [3.05, 3.63) is 40.9 Å². The summed E-state index contributed by atoms with van der Waals surface area (Å²) in [5, 5.41) is 10.1. The van der Waals surface area contributed by atoms with Crippen LogP contribution in [0.3, 0.4) is 0 Å². The highest BCUT2D eigenvalue weighted by molar-refractivity contribution is 7.15. The van der Waals surface area contributed by atoms with Crippen molar-refractivity contribution < 1.29 is 9.59 Å². The van der Waals surface area contributed by atoms with E-state index in [1.165, 1.54) is 0 Å². The van der Waals surface area contributed by atoms with E-state index in [4.69, 9.17) is 0 Å². The van der Waals surface area contributed by atoms with Crippen LogP contribution in [0.25, 0.3) is 0 Å². The van der Waals surface area contributed by atoms with Crippen LogP contribution in [-0.2, 0) is 9.59 Å². The first kappa shape index (κ1) is 18.9. The summed E-state index contributed by atoms with van der Waals surface area (Å²) in [7, 11) is 0. The average molecular weight is 400 g/mol. The highest BCUT2D eigenvalue weighted by atomic mass is 32.1. The van der Waals surface area contributed by atoms with Gasteiger partial charge in [0.1, 0.15) is 5.01 Å². The van der Waals surface area contributed by atoms with Gasteiger partial charge in [0, 0.05) is 39.1 Å². The topological polar surface area (TPSA) is 69.6 Å². The van der Waals surface area contributed by atoms with Crippen molar-refractivity contribution in [2.75, 3.05) is 37.6 Å². The van der Waals surface area contributed by atoms with Gasteiger partial charge in [0.25, 0.3) is 0 Å². The molecule has 1 aromatic heterocycles. The van der Waals surface area contributed by atoms with Gasteiger partial charge in [-0.05, 0) is 19.4 Å². The number of likely N-dealkylation sites (tertiary alicyclic amines) is 1. The number of hydrogen-bond acceptors (Lipinski definition) is 6. The molecule has 0 radical (unpaired) electrons. The van der Waals surface area contributed by atoms with Crippen LogP contribution in [0.15, 0.2) is 30.3 Å². The number of benzene rings is 1. The second-order valence-electron chi connectivity index (χ2n) is 7.45. The largest absolute Gasteiger partial charge is 0.343 e. The number of nitrogens with zero attached hydrogens (tertiary/aromatic N) is 5. The Morgan fingerprint density at radius 3 is 2.50 bits per heavy atom. The van der Waals surface area contributed by atoms with Gasteiger partial charge >= 0.3 is 0 Å². The Hall–Kier alpha value is -2.48. The molecule has 0 bridgehead atoms. The molecule has 0 spiro atoms. The quantitative estimate of drug-likeness (QED) is 0.788. The molecular formula is C20H25N5O2S. The molecule has 0 aliphatic carbocycles. The Morgan fingerprint density at radius 2 is 1.86 bits per heavy atom. The Bertz CT molecular complexity index is 847. The standard InChI is InChI=1S/C20H25N5O2S/c1-14(16-6-4-3-5-7-16)25-13-17(12-18(25)26)19(27)23-8-10-24(11-9-23)20-22-21-15(2)28-20/h3-7,14,17H,8-13H2,1-2H3. The van der Waals surface area contributed by atoms with Crippen LogP contribution in [0.4, 0.5) is 5.13 Å². The van der Waals surface area contributed by atoms with Crippen molar-refractivity contribution in [2.45, 2.75) is 26.3 Å². The summed E-state index contributed by atoms with van der Waals surface area (Å²) in [4.78, 5) is 31.5. The lowest BCUT2D eigenvalue weighted by Gasteiger charge is -2.35. The normalized spacial score (nSPS) is 21.3. The highest BCUT2D eigenvalue weighted by Gasteiger charge is 2.39. The van der Waals surface area contributed by atoms with Gasteiger partial charge in [-0.15, -0.1) is 10.2 Å². The molecule has 2 aliphatic rings. The van der Waals surface area contributed by atoms with E-state index in [-0.39, 0.29) is 23.8 Å². The second-order valence-corrected chi connectivity index (χ2v) is 8.61. The summed E-state index contributed by atoms with van der Waals surface area (Å²) < 4.78 is 0. The van der Waals surface area contributed by atoms with Gasteiger partial charge in [0.2, 0.25) is 16.9 Å². The number of piperazine rings is 1. The predicted octanol–water partition coefficient (Wildman–Crippen LogP) is 2.10. The fraction of sp³-hybridized carbons (Fsp3) is 0.500. The van der Waals surface area contributed by atoms with Crippen LogP contribution in [0, 0.1) is 12.8 Å². The van der Waals surface area contributed by atoms with E-state index in [9.17, 15) is 9.59 Å². The summed E-state index contributed by atoms with van der Waals surface area (Å²) >= 11 is 1.58. The highest BCUT2D eigenvalue weighted by Crippen LogP contribution is 2.30. The van der Waals surface area contributed by atoms with Crippen LogP contribution in [-0.4, -0.2) is 64.5 Å². The van der Waals surface area contributed by atoms with Gasteiger partial charge in [-0.1, -0.05) is 41.7 Å². The lowest BCUT2D eigenvalue weighted by molar-refractivity contribution is -0.136. The zero-order valence-electron chi connectivity index (χ0n) is 16.2. The second kappa shape index (κ2) is 7.87. The average Bonchev–Trinajstić information content (AvgIpc) is 3.33. The third-order valence-electron chi connectivity index (χ3n) is 5.63.